The van der Waals surface area contributed by atoms with Crippen molar-refractivity contribution in [2.24, 2.45) is 0 Å². The summed E-state index contributed by atoms with van der Waals surface area (Å²) in [6.07, 6.45) is 3.16. The molecule has 1 aromatic rings. The molecule has 0 aliphatic heterocycles. The number of benzene rings is 1. The first-order chi connectivity index (χ1) is 10.0. The van der Waals surface area contributed by atoms with Gasteiger partial charge in [-0.25, -0.2) is 0 Å². The van der Waals surface area contributed by atoms with Crippen molar-refractivity contribution in [2.45, 2.75) is 39.2 Å². The minimum atomic E-state index is -2.93. The Bertz CT molecular complexity index is 484. The van der Waals surface area contributed by atoms with E-state index in [1.807, 2.05) is 6.92 Å². The highest BCUT2D eigenvalue weighted by Crippen LogP contribution is 2.25. The van der Waals surface area contributed by atoms with Crippen LogP contribution in [0.15, 0.2) is 24.3 Å². The lowest BCUT2D eigenvalue weighted by Crippen LogP contribution is -2.34. The van der Waals surface area contributed by atoms with Gasteiger partial charge in [-0.3, -0.25) is 4.79 Å². The van der Waals surface area contributed by atoms with E-state index in [0.29, 0.717) is 6.42 Å². The summed E-state index contributed by atoms with van der Waals surface area (Å²) in [7, 11) is 0. The SMILES string of the molecule is CCCCCC(=O)NC(=S)Nc1ccccc1OC(F)F. The van der Waals surface area contributed by atoms with Crippen molar-refractivity contribution in [3.8, 4) is 5.75 Å². The average molecular weight is 316 g/mol. The molecule has 2 N–H and O–H groups in total. The molecule has 7 heteroatoms. The van der Waals surface area contributed by atoms with E-state index in [1.54, 1.807) is 12.1 Å². The van der Waals surface area contributed by atoms with Gasteiger partial charge in [-0.1, -0.05) is 31.9 Å². The normalized spacial score (nSPS) is 10.3. The molecule has 0 bridgehead atoms. The van der Waals surface area contributed by atoms with E-state index in [-0.39, 0.29) is 22.5 Å². The number of nitrogens with one attached hydrogen (secondary N) is 2. The highest BCUT2D eigenvalue weighted by Gasteiger charge is 2.11. The molecule has 0 saturated heterocycles. The third kappa shape index (κ3) is 6.99. The maximum Gasteiger partial charge on any atom is 0.387 e. The lowest BCUT2D eigenvalue weighted by molar-refractivity contribution is -0.119. The monoisotopic (exact) mass is 316 g/mol. The maximum absolute atomic E-state index is 12.3. The van der Waals surface area contributed by atoms with Gasteiger partial charge in [0.2, 0.25) is 5.91 Å². The average Bonchev–Trinajstić information content (AvgIpc) is 2.40. The standard InChI is InChI=1S/C14H18F2N2O2S/c1-2-3-4-9-12(19)18-14(21)17-10-7-5-6-8-11(10)20-13(15)16/h5-8,13H,2-4,9H2,1H3,(H2,17,18,19,21). The van der Waals surface area contributed by atoms with Crippen molar-refractivity contribution in [2.75, 3.05) is 5.32 Å². The van der Waals surface area contributed by atoms with Crippen molar-refractivity contribution >= 4 is 28.9 Å². The molecule has 0 aliphatic carbocycles. The van der Waals surface area contributed by atoms with Crippen LogP contribution < -0.4 is 15.4 Å². The van der Waals surface area contributed by atoms with Crippen LogP contribution in [0.25, 0.3) is 0 Å². The van der Waals surface area contributed by atoms with Crippen LogP contribution in [0.4, 0.5) is 14.5 Å². The summed E-state index contributed by atoms with van der Waals surface area (Å²) in [6.45, 7) is -0.880. The fourth-order valence-electron chi connectivity index (χ4n) is 1.65. The zero-order chi connectivity index (χ0) is 15.7. The topological polar surface area (TPSA) is 50.4 Å². The molecule has 0 atom stereocenters. The highest BCUT2D eigenvalue weighted by molar-refractivity contribution is 7.80. The van der Waals surface area contributed by atoms with Crippen LogP contribution in [0.1, 0.15) is 32.6 Å². The Morgan fingerprint density at radius 2 is 2.05 bits per heavy atom. The number of carbonyl (C=O) groups is 1. The van der Waals surface area contributed by atoms with Crippen LogP contribution >= 0.6 is 12.2 Å². The Kier molecular flexibility index (Phi) is 7.60. The molecular formula is C14H18F2N2O2S. The number of thiocarbonyl (C=S) groups is 1. The molecule has 116 valence electrons. The van der Waals surface area contributed by atoms with Gasteiger partial charge in [0.1, 0.15) is 5.75 Å². The second-order valence-corrected chi connectivity index (χ2v) is 4.74. The quantitative estimate of drug-likeness (QED) is 0.595. The molecule has 0 heterocycles. The van der Waals surface area contributed by atoms with Crippen LogP contribution in [0.3, 0.4) is 0 Å². The van der Waals surface area contributed by atoms with Crippen LogP contribution in [-0.2, 0) is 4.79 Å². The van der Waals surface area contributed by atoms with E-state index in [0.717, 1.165) is 19.3 Å². The smallest absolute Gasteiger partial charge is 0.387 e. The molecule has 0 spiro atoms. The number of hydrogen-bond donors (Lipinski definition) is 2. The third-order valence-corrected chi connectivity index (χ3v) is 2.82. The summed E-state index contributed by atoms with van der Waals surface area (Å²) >= 11 is 4.98. The van der Waals surface area contributed by atoms with Gasteiger partial charge >= 0.3 is 6.61 Å². The van der Waals surface area contributed by atoms with E-state index in [1.165, 1.54) is 12.1 Å². The van der Waals surface area contributed by atoms with E-state index < -0.39 is 6.61 Å². The summed E-state index contributed by atoms with van der Waals surface area (Å²) in [5.41, 5.74) is 0.275. The van der Waals surface area contributed by atoms with Gasteiger partial charge < -0.3 is 15.4 Å². The first-order valence-electron chi connectivity index (χ1n) is 6.67. The number of para-hydroxylation sites is 2. The summed E-state index contributed by atoms with van der Waals surface area (Å²) in [4.78, 5) is 11.6. The second-order valence-electron chi connectivity index (χ2n) is 4.33. The minimum absolute atomic E-state index is 0.0323. The summed E-state index contributed by atoms with van der Waals surface area (Å²) in [6, 6.07) is 6.13. The Balaban J connectivity index is 2.52. The number of carbonyl (C=O) groups excluding carboxylic acids is 1. The number of hydrogen-bond acceptors (Lipinski definition) is 3. The molecule has 1 rings (SSSR count). The Labute approximate surface area is 127 Å². The molecule has 1 amide bonds. The molecule has 0 unspecified atom stereocenters. The van der Waals surface area contributed by atoms with Crippen molar-refractivity contribution < 1.29 is 18.3 Å². The predicted molar refractivity (Wildman–Crippen MR) is 81.6 cm³/mol. The van der Waals surface area contributed by atoms with Crippen LogP contribution in [0.5, 0.6) is 5.75 Å². The molecule has 4 nitrogen and oxygen atoms in total. The van der Waals surface area contributed by atoms with Gasteiger partial charge in [-0.15, -0.1) is 0 Å². The van der Waals surface area contributed by atoms with Gasteiger partial charge in [0.25, 0.3) is 0 Å². The van der Waals surface area contributed by atoms with Gasteiger partial charge in [0.15, 0.2) is 5.11 Å². The molecule has 0 radical (unpaired) electrons. The molecule has 21 heavy (non-hydrogen) atoms. The lowest BCUT2D eigenvalue weighted by Gasteiger charge is -2.13. The first kappa shape index (κ1) is 17.3. The maximum atomic E-state index is 12.3. The van der Waals surface area contributed by atoms with Crippen molar-refractivity contribution in [3.63, 3.8) is 0 Å². The number of unbranched alkanes of at least 4 members (excludes halogenated alkanes) is 2. The van der Waals surface area contributed by atoms with Gasteiger partial charge in [-0.2, -0.15) is 8.78 Å². The largest absolute Gasteiger partial charge is 0.433 e. The zero-order valence-electron chi connectivity index (χ0n) is 11.7. The van der Waals surface area contributed by atoms with E-state index in [2.05, 4.69) is 15.4 Å². The number of halogens is 2. The minimum Gasteiger partial charge on any atom is -0.433 e. The molecule has 1 aromatic carbocycles. The summed E-state index contributed by atoms with van der Waals surface area (Å²) < 4.78 is 28.9. The Morgan fingerprint density at radius 3 is 2.71 bits per heavy atom. The van der Waals surface area contributed by atoms with E-state index in [9.17, 15) is 13.6 Å². The number of alkyl halides is 2. The fourth-order valence-corrected chi connectivity index (χ4v) is 1.87. The van der Waals surface area contributed by atoms with Crippen molar-refractivity contribution in [3.05, 3.63) is 24.3 Å². The molecule has 0 saturated carbocycles. The summed E-state index contributed by atoms with van der Waals surface area (Å²) in [5, 5.41) is 5.24. The van der Waals surface area contributed by atoms with Crippen LogP contribution in [-0.4, -0.2) is 17.6 Å². The van der Waals surface area contributed by atoms with Crippen LogP contribution in [0, 0.1) is 0 Å². The van der Waals surface area contributed by atoms with E-state index >= 15 is 0 Å². The predicted octanol–water partition coefficient (Wildman–Crippen LogP) is 3.68. The van der Waals surface area contributed by atoms with Gasteiger partial charge in [0.05, 0.1) is 5.69 Å². The van der Waals surface area contributed by atoms with Crippen molar-refractivity contribution in [1.29, 1.82) is 0 Å². The van der Waals surface area contributed by atoms with E-state index in [4.69, 9.17) is 12.2 Å². The van der Waals surface area contributed by atoms with Crippen molar-refractivity contribution in [1.82, 2.24) is 5.32 Å². The number of rotatable bonds is 7. The number of ether oxygens (including phenoxy) is 1. The molecule has 0 aliphatic rings. The highest BCUT2D eigenvalue weighted by atomic mass is 32.1. The molecule has 0 aromatic heterocycles. The number of anilines is 1. The Morgan fingerprint density at radius 1 is 1.33 bits per heavy atom. The summed E-state index contributed by atoms with van der Waals surface area (Å²) in [5.74, 6) is -0.233. The van der Waals surface area contributed by atoms with Crippen LogP contribution in [0.2, 0.25) is 0 Å². The Hall–Kier alpha value is -1.76. The van der Waals surface area contributed by atoms with Gasteiger partial charge in [-0.05, 0) is 30.8 Å². The molecule has 0 fully saturated rings. The first-order valence-corrected chi connectivity index (χ1v) is 7.08. The second kappa shape index (κ2) is 9.23. The zero-order valence-corrected chi connectivity index (χ0v) is 12.5. The lowest BCUT2D eigenvalue weighted by atomic mass is 10.2. The number of amides is 1. The third-order valence-electron chi connectivity index (χ3n) is 2.61. The molecular weight excluding hydrogens is 298 g/mol. The van der Waals surface area contributed by atoms with Gasteiger partial charge in [0, 0.05) is 6.42 Å². The fraction of sp³-hybridized carbons (Fsp3) is 0.429.